The summed E-state index contributed by atoms with van der Waals surface area (Å²) in [6.07, 6.45) is 1.46. The minimum Gasteiger partial charge on any atom is -0.466 e. The second-order valence-electron chi connectivity index (χ2n) is 5.60. The van der Waals surface area contributed by atoms with Gasteiger partial charge >= 0.3 is 5.97 Å². The summed E-state index contributed by atoms with van der Waals surface area (Å²) in [6, 6.07) is 6.87. The molecule has 0 aliphatic rings. The Morgan fingerprint density at radius 1 is 1.35 bits per heavy atom. The van der Waals surface area contributed by atoms with Gasteiger partial charge in [-0.1, -0.05) is 6.07 Å². The average Bonchev–Trinajstić information content (AvgIpc) is 3.15. The van der Waals surface area contributed by atoms with Crippen LogP contribution in [-0.4, -0.2) is 29.1 Å². The maximum atomic E-state index is 12.3. The summed E-state index contributed by atoms with van der Waals surface area (Å²) >= 11 is 1.35. The SMILES string of the molecule is CC(=O)OC(C)(C)C(=O)NCC(O)(c1ccco1)c1cccs1. The van der Waals surface area contributed by atoms with Crippen molar-refractivity contribution in [2.45, 2.75) is 32.0 Å². The number of esters is 1. The molecule has 0 saturated carbocycles. The first-order valence-corrected chi connectivity index (χ1v) is 7.92. The number of carbonyl (C=O) groups is 2. The van der Waals surface area contributed by atoms with Gasteiger partial charge in [-0.15, -0.1) is 11.3 Å². The van der Waals surface area contributed by atoms with Crippen LogP contribution in [-0.2, 0) is 19.9 Å². The van der Waals surface area contributed by atoms with E-state index in [0.29, 0.717) is 10.6 Å². The molecule has 23 heavy (non-hydrogen) atoms. The molecule has 0 saturated heterocycles. The highest BCUT2D eigenvalue weighted by Gasteiger charge is 2.38. The highest BCUT2D eigenvalue weighted by Crippen LogP contribution is 2.32. The van der Waals surface area contributed by atoms with Crippen molar-refractivity contribution < 1.29 is 23.8 Å². The smallest absolute Gasteiger partial charge is 0.303 e. The Kier molecular flexibility index (Phi) is 4.91. The Morgan fingerprint density at radius 2 is 2.09 bits per heavy atom. The maximum Gasteiger partial charge on any atom is 0.303 e. The predicted molar refractivity (Wildman–Crippen MR) is 84.9 cm³/mol. The first-order chi connectivity index (χ1) is 10.8. The van der Waals surface area contributed by atoms with Crippen molar-refractivity contribution in [2.24, 2.45) is 0 Å². The van der Waals surface area contributed by atoms with E-state index >= 15 is 0 Å². The molecule has 0 radical (unpaired) electrons. The zero-order valence-electron chi connectivity index (χ0n) is 13.2. The highest BCUT2D eigenvalue weighted by molar-refractivity contribution is 7.10. The van der Waals surface area contributed by atoms with Crippen LogP contribution in [0.4, 0.5) is 0 Å². The Bertz CT molecular complexity index is 626. The van der Waals surface area contributed by atoms with Crippen molar-refractivity contribution in [1.82, 2.24) is 5.32 Å². The molecule has 2 aromatic rings. The van der Waals surface area contributed by atoms with E-state index in [1.807, 2.05) is 5.38 Å². The van der Waals surface area contributed by atoms with Gasteiger partial charge in [0.25, 0.3) is 5.91 Å². The van der Waals surface area contributed by atoms with E-state index in [4.69, 9.17) is 9.15 Å². The molecular weight excluding hydrogens is 318 g/mol. The molecule has 0 spiro atoms. The number of hydrogen-bond donors (Lipinski definition) is 2. The molecule has 0 aromatic carbocycles. The largest absolute Gasteiger partial charge is 0.466 e. The molecule has 1 amide bonds. The predicted octanol–water partition coefficient (Wildman–Crippen LogP) is 2.03. The fraction of sp³-hybridized carbons (Fsp3) is 0.375. The van der Waals surface area contributed by atoms with Crippen LogP contribution in [0.2, 0.25) is 0 Å². The van der Waals surface area contributed by atoms with Gasteiger partial charge in [-0.2, -0.15) is 0 Å². The summed E-state index contributed by atoms with van der Waals surface area (Å²) < 4.78 is 10.3. The Labute approximate surface area is 138 Å². The van der Waals surface area contributed by atoms with E-state index in [1.54, 1.807) is 24.3 Å². The fourth-order valence-corrected chi connectivity index (χ4v) is 2.98. The first-order valence-electron chi connectivity index (χ1n) is 7.04. The lowest BCUT2D eigenvalue weighted by Crippen LogP contribution is -2.50. The van der Waals surface area contributed by atoms with E-state index in [2.05, 4.69) is 5.32 Å². The van der Waals surface area contributed by atoms with Crippen LogP contribution in [0, 0.1) is 0 Å². The quantitative estimate of drug-likeness (QED) is 0.788. The number of carbonyl (C=O) groups excluding carboxylic acids is 2. The zero-order chi connectivity index (χ0) is 17.1. The van der Waals surface area contributed by atoms with Gasteiger partial charge in [0.15, 0.2) is 11.2 Å². The lowest BCUT2D eigenvalue weighted by molar-refractivity contribution is -0.163. The highest BCUT2D eigenvalue weighted by atomic mass is 32.1. The molecule has 1 atom stereocenters. The Balaban J connectivity index is 2.18. The number of furan rings is 1. The molecule has 124 valence electrons. The number of aliphatic hydroxyl groups is 1. The standard InChI is InChI=1S/C16H19NO5S/c1-11(18)22-15(2,3)14(19)17-10-16(20,12-6-4-8-21-12)13-7-5-9-23-13/h4-9,20H,10H2,1-3H3,(H,17,19). The van der Waals surface area contributed by atoms with Crippen LogP contribution >= 0.6 is 11.3 Å². The monoisotopic (exact) mass is 337 g/mol. The first kappa shape index (κ1) is 17.2. The van der Waals surface area contributed by atoms with Gasteiger partial charge in [0.1, 0.15) is 5.76 Å². The summed E-state index contributed by atoms with van der Waals surface area (Å²) in [5.74, 6) is -0.732. The number of thiophene rings is 1. The summed E-state index contributed by atoms with van der Waals surface area (Å²) in [5, 5.41) is 15.5. The molecule has 0 aliphatic heterocycles. The van der Waals surface area contributed by atoms with E-state index in [0.717, 1.165) is 0 Å². The van der Waals surface area contributed by atoms with Crippen LogP contribution in [0.15, 0.2) is 40.3 Å². The molecule has 0 aliphatic carbocycles. The third kappa shape index (κ3) is 3.80. The molecule has 2 heterocycles. The number of hydrogen-bond acceptors (Lipinski definition) is 6. The maximum absolute atomic E-state index is 12.3. The van der Waals surface area contributed by atoms with Gasteiger partial charge in [0, 0.05) is 11.8 Å². The van der Waals surface area contributed by atoms with Gasteiger partial charge < -0.3 is 19.6 Å². The van der Waals surface area contributed by atoms with Crippen molar-refractivity contribution in [3.8, 4) is 0 Å². The molecule has 0 fully saturated rings. The minimum absolute atomic E-state index is 0.107. The van der Waals surface area contributed by atoms with Crippen LogP contribution in [0.25, 0.3) is 0 Å². The van der Waals surface area contributed by atoms with Crippen LogP contribution in [0.3, 0.4) is 0 Å². The van der Waals surface area contributed by atoms with Gasteiger partial charge in [-0.05, 0) is 37.4 Å². The van der Waals surface area contributed by atoms with E-state index in [1.165, 1.54) is 38.4 Å². The van der Waals surface area contributed by atoms with Crippen LogP contribution in [0.1, 0.15) is 31.4 Å². The van der Waals surface area contributed by atoms with Gasteiger partial charge in [0.2, 0.25) is 0 Å². The van der Waals surface area contributed by atoms with Crippen LogP contribution < -0.4 is 5.32 Å². The molecule has 7 heteroatoms. The Hall–Kier alpha value is -2.12. The lowest BCUT2D eigenvalue weighted by Gasteiger charge is -2.28. The van der Waals surface area contributed by atoms with E-state index < -0.39 is 23.1 Å². The number of ether oxygens (including phenoxy) is 1. The van der Waals surface area contributed by atoms with Crippen molar-refractivity contribution >= 4 is 23.2 Å². The second kappa shape index (κ2) is 6.55. The summed E-state index contributed by atoms with van der Waals surface area (Å²) in [5.41, 5.74) is -2.81. The zero-order valence-corrected chi connectivity index (χ0v) is 14.0. The summed E-state index contributed by atoms with van der Waals surface area (Å²) in [7, 11) is 0. The molecule has 2 N–H and O–H groups in total. The lowest BCUT2D eigenvalue weighted by atomic mass is 9.98. The van der Waals surface area contributed by atoms with E-state index in [9.17, 15) is 14.7 Å². The summed E-state index contributed by atoms with van der Waals surface area (Å²) in [6.45, 7) is 4.10. The fourth-order valence-electron chi connectivity index (χ4n) is 2.15. The molecule has 0 bridgehead atoms. The molecular formula is C16H19NO5S. The third-order valence-electron chi connectivity index (χ3n) is 3.31. The van der Waals surface area contributed by atoms with Crippen LogP contribution in [0.5, 0.6) is 0 Å². The van der Waals surface area contributed by atoms with Crippen molar-refractivity contribution in [1.29, 1.82) is 0 Å². The van der Waals surface area contributed by atoms with Crippen molar-refractivity contribution in [3.05, 3.63) is 46.5 Å². The van der Waals surface area contributed by atoms with Gasteiger partial charge in [-0.3, -0.25) is 9.59 Å². The Morgan fingerprint density at radius 3 is 2.61 bits per heavy atom. The number of rotatable bonds is 6. The normalized spacial score (nSPS) is 14.1. The molecule has 6 nitrogen and oxygen atoms in total. The minimum atomic E-state index is -1.49. The molecule has 2 aromatic heterocycles. The van der Waals surface area contributed by atoms with Crippen molar-refractivity contribution in [3.63, 3.8) is 0 Å². The second-order valence-corrected chi connectivity index (χ2v) is 6.55. The number of nitrogens with one attached hydrogen (secondary N) is 1. The summed E-state index contributed by atoms with van der Waals surface area (Å²) in [4.78, 5) is 24.0. The van der Waals surface area contributed by atoms with E-state index in [-0.39, 0.29) is 6.54 Å². The molecule has 2 rings (SSSR count). The van der Waals surface area contributed by atoms with Gasteiger partial charge in [0.05, 0.1) is 12.8 Å². The molecule has 1 unspecified atom stereocenters. The number of amides is 1. The average molecular weight is 337 g/mol. The van der Waals surface area contributed by atoms with Gasteiger partial charge in [-0.25, -0.2) is 0 Å². The van der Waals surface area contributed by atoms with Crippen molar-refractivity contribution in [2.75, 3.05) is 6.54 Å². The topological polar surface area (TPSA) is 88.8 Å². The third-order valence-corrected chi connectivity index (χ3v) is 4.33.